The van der Waals surface area contributed by atoms with Crippen LogP contribution in [0.2, 0.25) is 0 Å². The van der Waals surface area contributed by atoms with Gasteiger partial charge in [0.2, 0.25) is 0 Å². The molecule has 4 nitrogen and oxygen atoms in total. The van der Waals surface area contributed by atoms with E-state index in [2.05, 4.69) is 0 Å². The van der Waals surface area contributed by atoms with E-state index >= 15 is 0 Å². The van der Waals surface area contributed by atoms with Crippen LogP contribution >= 0.6 is 0 Å². The van der Waals surface area contributed by atoms with Gasteiger partial charge in [-0.3, -0.25) is 4.79 Å². The Hall–Kier alpha value is -2.85. The minimum absolute atomic E-state index is 0.00139. The van der Waals surface area contributed by atoms with Crippen molar-refractivity contribution in [1.82, 2.24) is 0 Å². The van der Waals surface area contributed by atoms with Gasteiger partial charge in [0, 0.05) is 18.4 Å². The van der Waals surface area contributed by atoms with Crippen LogP contribution in [0.25, 0.3) is 10.8 Å². The van der Waals surface area contributed by atoms with Crippen molar-refractivity contribution in [2.24, 2.45) is 0 Å². The second-order valence-electron chi connectivity index (χ2n) is 6.04. The number of Topliss-reactive ketones (excluding diaryl/α,β-unsaturated/α-hetero) is 1. The summed E-state index contributed by atoms with van der Waals surface area (Å²) in [6.07, 6.45) is -0.640. The molecule has 1 atom stereocenters. The standard InChI is InChI=1S/C21H20O4/c1-25-19-8-6-14(7-9-19)21(24)13-18(22)11-17-10-15-4-2-3-5-16(15)12-20(17)23/h2-10,12,18,22-23H,11,13H2,1H3. The molecule has 0 aromatic heterocycles. The predicted octanol–water partition coefficient (Wildman–Crippen LogP) is 3.73. The highest BCUT2D eigenvalue weighted by molar-refractivity contribution is 5.96. The molecule has 1 unspecified atom stereocenters. The van der Waals surface area contributed by atoms with Crippen LogP contribution in [-0.4, -0.2) is 29.2 Å². The highest BCUT2D eigenvalue weighted by Gasteiger charge is 2.15. The minimum Gasteiger partial charge on any atom is -0.508 e. The number of fused-ring (bicyclic) bond motifs is 1. The molecule has 0 radical (unpaired) electrons. The van der Waals surface area contributed by atoms with E-state index in [9.17, 15) is 15.0 Å². The molecule has 0 saturated carbocycles. The first-order valence-electron chi connectivity index (χ1n) is 8.13. The maximum Gasteiger partial charge on any atom is 0.165 e. The number of methoxy groups -OCH3 is 1. The lowest BCUT2D eigenvalue weighted by atomic mass is 9.97. The van der Waals surface area contributed by atoms with Gasteiger partial charge in [0.15, 0.2) is 5.78 Å². The number of phenols is 1. The molecule has 0 saturated heterocycles. The molecule has 0 bridgehead atoms. The summed E-state index contributed by atoms with van der Waals surface area (Å²) in [6, 6.07) is 18.0. The van der Waals surface area contributed by atoms with Crippen LogP contribution in [0.3, 0.4) is 0 Å². The zero-order valence-corrected chi connectivity index (χ0v) is 14.0. The van der Waals surface area contributed by atoms with E-state index in [0.29, 0.717) is 16.9 Å². The number of ketones is 1. The molecule has 128 valence electrons. The van der Waals surface area contributed by atoms with Crippen LogP contribution in [0.4, 0.5) is 0 Å². The fourth-order valence-electron chi connectivity index (χ4n) is 2.87. The van der Waals surface area contributed by atoms with E-state index in [0.717, 1.165) is 10.8 Å². The predicted molar refractivity (Wildman–Crippen MR) is 97.3 cm³/mol. The van der Waals surface area contributed by atoms with E-state index in [4.69, 9.17) is 4.74 Å². The smallest absolute Gasteiger partial charge is 0.165 e. The minimum atomic E-state index is -0.860. The molecule has 2 N–H and O–H groups in total. The van der Waals surface area contributed by atoms with Crippen molar-refractivity contribution >= 4 is 16.6 Å². The van der Waals surface area contributed by atoms with Crippen LogP contribution in [0.15, 0.2) is 60.7 Å². The first-order valence-corrected chi connectivity index (χ1v) is 8.13. The second-order valence-corrected chi connectivity index (χ2v) is 6.04. The Morgan fingerprint density at radius 1 is 1.04 bits per heavy atom. The van der Waals surface area contributed by atoms with E-state index in [1.165, 1.54) is 0 Å². The van der Waals surface area contributed by atoms with Gasteiger partial charge in [0.05, 0.1) is 13.2 Å². The summed E-state index contributed by atoms with van der Waals surface area (Å²) in [6.45, 7) is 0. The molecule has 0 fully saturated rings. The molecular weight excluding hydrogens is 316 g/mol. The lowest BCUT2D eigenvalue weighted by Gasteiger charge is -2.12. The third-order valence-corrected chi connectivity index (χ3v) is 4.24. The normalized spacial score (nSPS) is 12.1. The van der Waals surface area contributed by atoms with E-state index in [1.54, 1.807) is 37.4 Å². The average Bonchev–Trinajstić information content (AvgIpc) is 2.62. The molecule has 0 aliphatic heterocycles. The van der Waals surface area contributed by atoms with Crippen molar-refractivity contribution in [3.05, 3.63) is 71.8 Å². The molecule has 0 spiro atoms. The Morgan fingerprint density at radius 2 is 1.68 bits per heavy atom. The Morgan fingerprint density at radius 3 is 2.32 bits per heavy atom. The van der Waals surface area contributed by atoms with Gasteiger partial charge < -0.3 is 14.9 Å². The Labute approximate surface area is 146 Å². The molecule has 0 aliphatic rings. The summed E-state index contributed by atoms with van der Waals surface area (Å²) in [5.41, 5.74) is 1.16. The molecule has 0 heterocycles. The molecule has 0 aliphatic carbocycles. The molecule has 3 aromatic carbocycles. The van der Waals surface area contributed by atoms with E-state index in [1.807, 2.05) is 30.3 Å². The van der Waals surface area contributed by atoms with Crippen LogP contribution in [0.5, 0.6) is 11.5 Å². The van der Waals surface area contributed by atoms with E-state index in [-0.39, 0.29) is 24.4 Å². The van der Waals surface area contributed by atoms with Gasteiger partial charge in [0.25, 0.3) is 0 Å². The second kappa shape index (κ2) is 7.36. The summed E-state index contributed by atoms with van der Waals surface area (Å²) in [5.74, 6) is 0.670. The average molecular weight is 336 g/mol. The number of phenolic OH excluding ortho intramolecular Hbond substituents is 1. The third-order valence-electron chi connectivity index (χ3n) is 4.24. The maximum atomic E-state index is 12.3. The third kappa shape index (κ3) is 3.98. The van der Waals surface area contributed by atoms with Gasteiger partial charge in [-0.1, -0.05) is 24.3 Å². The van der Waals surface area contributed by atoms with Gasteiger partial charge >= 0.3 is 0 Å². The molecule has 4 heteroatoms. The maximum absolute atomic E-state index is 12.3. The number of ether oxygens (including phenoxy) is 1. The van der Waals surface area contributed by atoms with Crippen LogP contribution in [0.1, 0.15) is 22.3 Å². The first-order chi connectivity index (χ1) is 12.1. The Balaban J connectivity index is 1.70. The number of aliphatic hydroxyl groups excluding tert-OH is 1. The number of hydrogen-bond acceptors (Lipinski definition) is 4. The van der Waals surface area contributed by atoms with E-state index < -0.39 is 6.10 Å². The van der Waals surface area contributed by atoms with Crippen molar-refractivity contribution in [3.8, 4) is 11.5 Å². The van der Waals surface area contributed by atoms with Crippen molar-refractivity contribution in [2.75, 3.05) is 7.11 Å². The SMILES string of the molecule is COc1ccc(C(=O)CC(O)Cc2cc3ccccc3cc2O)cc1. The number of rotatable bonds is 6. The summed E-state index contributed by atoms with van der Waals surface area (Å²) < 4.78 is 5.07. The first kappa shape index (κ1) is 17.0. The molecule has 3 rings (SSSR count). The fourth-order valence-corrected chi connectivity index (χ4v) is 2.87. The monoisotopic (exact) mass is 336 g/mol. The number of carbonyl (C=O) groups excluding carboxylic acids is 1. The number of aliphatic hydroxyl groups is 1. The number of carbonyl (C=O) groups is 1. The quantitative estimate of drug-likeness (QED) is 0.673. The topological polar surface area (TPSA) is 66.8 Å². The highest BCUT2D eigenvalue weighted by atomic mass is 16.5. The summed E-state index contributed by atoms with van der Waals surface area (Å²) in [4.78, 5) is 12.3. The largest absolute Gasteiger partial charge is 0.508 e. The van der Waals surface area contributed by atoms with Gasteiger partial charge in [-0.05, 0) is 52.7 Å². The molecule has 0 amide bonds. The van der Waals surface area contributed by atoms with Gasteiger partial charge in [-0.15, -0.1) is 0 Å². The fraction of sp³-hybridized carbons (Fsp3) is 0.190. The summed E-state index contributed by atoms with van der Waals surface area (Å²) in [5, 5.41) is 22.4. The van der Waals surface area contributed by atoms with Crippen molar-refractivity contribution < 1.29 is 19.7 Å². The summed E-state index contributed by atoms with van der Waals surface area (Å²) in [7, 11) is 1.57. The lowest BCUT2D eigenvalue weighted by molar-refractivity contribution is 0.0880. The van der Waals surface area contributed by atoms with Crippen LogP contribution in [0, 0.1) is 0 Å². The van der Waals surface area contributed by atoms with Gasteiger partial charge in [0.1, 0.15) is 11.5 Å². The number of aromatic hydroxyl groups is 1. The van der Waals surface area contributed by atoms with Crippen molar-refractivity contribution in [2.45, 2.75) is 18.9 Å². The van der Waals surface area contributed by atoms with Gasteiger partial charge in [-0.25, -0.2) is 0 Å². The van der Waals surface area contributed by atoms with Crippen molar-refractivity contribution in [1.29, 1.82) is 0 Å². The molecular formula is C21H20O4. The Bertz CT molecular complexity index is 884. The highest BCUT2D eigenvalue weighted by Crippen LogP contribution is 2.26. The van der Waals surface area contributed by atoms with Crippen molar-refractivity contribution in [3.63, 3.8) is 0 Å². The zero-order valence-electron chi connectivity index (χ0n) is 14.0. The van der Waals surface area contributed by atoms with Crippen LogP contribution < -0.4 is 4.74 Å². The summed E-state index contributed by atoms with van der Waals surface area (Å²) >= 11 is 0. The Kier molecular flexibility index (Phi) is 5.00. The molecule has 3 aromatic rings. The van der Waals surface area contributed by atoms with Gasteiger partial charge in [-0.2, -0.15) is 0 Å². The lowest BCUT2D eigenvalue weighted by Crippen LogP contribution is -2.16. The number of hydrogen-bond donors (Lipinski definition) is 2. The number of benzene rings is 3. The molecule has 25 heavy (non-hydrogen) atoms. The zero-order chi connectivity index (χ0) is 17.8. The van der Waals surface area contributed by atoms with Crippen LogP contribution in [-0.2, 0) is 6.42 Å².